The van der Waals surface area contributed by atoms with Gasteiger partial charge in [-0.15, -0.1) is 9.05 Å². The van der Waals surface area contributed by atoms with Gasteiger partial charge >= 0.3 is 8.25 Å². The molecule has 0 spiro atoms. The van der Waals surface area contributed by atoms with Gasteiger partial charge in [0, 0.05) is 11.1 Å². The van der Waals surface area contributed by atoms with Crippen molar-refractivity contribution in [1.82, 2.24) is 5.32 Å². The minimum Gasteiger partial charge on any atom is -0.391 e. The van der Waals surface area contributed by atoms with E-state index in [4.69, 9.17) is 9.05 Å². The smallest absolute Gasteiger partial charge is 0.391 e. The van der Waals surface area contributed by atoms with E-state index in [1.165, 1.54) is 12.8 Å². The molecule has 1 heterocycles. The Morgan fingerprint density at radius 2 is 1.42 bits per heavy atom. The summed E-state index contributed by atoms with van der Waals surface area (Å²) in [5, 5.41) is 3.10. The number of hydrogen-bond acceptors (Lipinski definition) is 4. The summed E-state index contributed by atoms with van der Waals surface area (Å²) in [6.07, 6.45) is 6.73. The molecular formula is C19H23NO3P+. The third kappa shape index (κ3) is 8.02. The molecule has 126 valence electrons. The van der Waals surface area contributed by atoms with Crippen LogP contribution in [-0.2, 0) is 26.8 Å². The van der Waals surface area contributed by atoms with Crippen molar-refractivity contribution in [3.8, 4) is 0 Å². The first-order chi connectivity index (χ1) is 11.8. The second kappa shape index (κ2) is 11.5. The molecule has 1 aliphatic rings. The third-order valence-corrected chi connectivity index (χ3v) is 3.97. The fraction of sp³-hybridized carbons (Fsp3) is 0.263. The summed E-state index contributed by atoms with van der Waals surface area (Å²) in [6.45, 7) is 1.76. The van der Waals surface area contributed by atoms with Gasteiger partial charge in [0.25, 0.3) is 0 Å². The maximum Gasteiger partial charge on any atom is 0.698 e. The molecule has 5 heteroatoms. The van der Waals surface area contributed by atoms with Crippen molar-refractivity contribution >= 4 is 8.25 Å². The Hall–Kier alpha value is -2.00. The predicted molar refractivity (Wildman–Crippen MR) is 96.4 cm³/mol. The van der Waals surface area contributed by atoms with E-state index in [1.54, 1.807) is 0 Å². The Bertz CT molecular complexity index is 564. The van der Waals surface area contributed by atoms with E-state index >= 15 is 0 Å². The zero-order valence-corrected chi connectivity index (χ0v) is 14.5. The van der Waals surface area contributed by atoms with Crippen molar-refractivity contribution < 1.29 is 13.6 Å². The van der Waals surface area contributed by atoms with E-state index in [1.807, 2.05) is 66.9 Å². The first-order valence-electron chi connectivity index (χ1n) is 8.04. The lowest BCUT2D eigenvalue weighted by atomic mass is 10.2. The highest BCUT2D eigenvalue weighted by atomic mass is 31.1. The first-order valence-corrected chi connectivity index (χ1v) is 9.13. The average Bonchev–Trinajstić information content (AvgIpc) is 2.68. The molecule has 24 heavy (non-hydrogen) atoms. The molecular weight excluding hydrogens is 321 g/mol. The molecule has 2 aromatic carbocycles. The Labute approximate surface area is 144 Å². The molecule has 0 amide bonds. The summed E-state index contributed by atoms with van der Waals surface area (Å²) < 4.78 is 21.8. The van der Waals surface area contributed by atoms with Gasteiger partial charge in [-0.25, -0.2) is 0 Å². The minimum absolute atomic E-state index is 0.296. The van der Waals surface area contributed by atoms with Crippen LogP contribution in [0.2, 0.25) is 0 Å². The largest absolute Gasteiger partial charge is 0.698 e. The van der Waals surface area contributed by atoms with Crippen molar-refractivity contribution in [1.29, 1.82) is 0 Å². The Balaban J connectivity index is 0.000000292. The topological polar surface area (TPSA) is 47.6 Å². The standard InChI is InChI=1S/C14H14O3P.C5H9N/c15-18(16-11-13-7-3-1-4-8-13)17-12-14-9-5-2-6-10-14;1-2-4-6-5-3-1/h1-10H,11-12H2;2,4,6H,1,3,5H2/q+1;. The van der Waals surface area contributed by atoms with E-state index in [2.05, 4.69) is 11.4 Å². The average molecular weight is 344 g/mol. The minimum atomic E-state index is -2.08. The van der Waals surface area contributed by atoms with Crippen molar-refractivity contribution in [3.63, 3.8) is 0 Å². The molecule has 0 radical (unpaired) electrons. The maximum atomic E-state index is 11.5. The number of hydrogen-bond donors (Lipinski definition) is 1. The highest BCUT2D eigenvalue weighted by Crippen LogP contribution is 2.27. The van der Waals surface area contributed by atoms with E-state index in [0.29, 0.717) is 13.2 Å². The summed E-state index contributed by atoms with van der Waals surface area (Å²) in [5.74, 6) is 0. The van der Waals surface area contributed by atoms with Gasteiger partial charge in [-0.05, 0) is 30.2 Å². The van der Waals surface area contributed by atoms with E-state index in [0.717, 1.165) is 17.7 Å². The van der Waals surface area contributed by atoms with Gasteiger partial charge in [0.2, 0.25) is 0 Å². The van der Waals surface area contributed by atoms with Crippen LogP contribution in [0.4, 0.5) is 0 Å². The lowest BCUT2D eigenvalue weighted by molar-refractivity contribution is 0.213. The molecule has 0 unspecified atom stereocenters. The Morgan fingerprint density at radius 1 is 0.875 bits per heavy atom. The van der Waals surface area contributed by atoms with Crippen LogP contribution < -0.4 is 5.32 Å². The van der Waals surface area contributed by atoms with Crippen LogP contribution in [0.3, 0.4) is 0 Å². The maximum absolute atomic E-state index is 11.5. The second-order valence-corrected chi connectivity index (χ2v) is 6.20. The number of allylic oxidation sites excluding steroid dienone is 1. The fourth-order valence-electron chi connectivity index (χ4n) is 2.01. The van der Waals surface area contributed by atoms with Crippen LogP contribution in [0.15, 0.2) is 72.9 Å². The molecule has 1 aliphatic heterocycles. The number of nitrogens with one attached hydrogen (secondary N) is 1. The Morgan fingerprint density at radius 3 is 1.75 bits per heavy atom. The van der Waals surface area contributed by atoms with Crippen LogP contribution in [0.25, 0.3) is 0 Å². The van der Waals surface area contributed by atoms with Gasteiger partial charge in [-0.1, -0.05) is 66.7 Å². The first kappa shape index (κ1) is 18.3. The molecule has 3 rings (SSSR count). The lowest BCUT2D eigenvalue weighted by Crippen LogP contribution is -2.09. The number of rotatable bonds is 6. The van der Waals surface area contributed by atoms with Crippen molar-refractivity contribution in [2.24, 2.45) is 0 Å². The van der Waals surface area contributed by atoms with E-state index in [9.17, 15) is 4.57 Å². The van der Waals surface area contributed by atoms with Crippen LogP contribution in [-0.4, -0.2) is 6.54 Å². The van der Waals surface area contributed by atoms with Crippen LogP contribution in [0, 0.1) is 0 Å². The highest BCUT2D eigenvalue weighted by molar-refractivity contribution is 7.33. The summed E-state index contributed by atoms with van der Waals surface area (Å²) in [5.41, 5.74) is 1.95. The summed E-state index contributed by atoms with van der Waals surface area (Å²) in [6, 6.07) is 19.2. The molecule has 1 N–H and O–H groups in total. The fourth-order valence-corrected chi connectivity index (χ4v) is 2.60. The van der Waals surface area contributed by atoms with Crippen LogP contribution >= 0.6 is 8.25 Å². The highest BCUT2D eigenvalue weighted by Gasteiger charge is 2.20. The monoisotopic (exact) mass is 344 g/mol. The molecule has 2 aromatic rings. The van der Waals surface area contributed by atoms with Crippen LogP contribution in [0.5, 0.6) is 0 Å². The van der Waals surface area contributed by atoms with E-state index in [-0.39, 0.29) is 0 Å². The third-order valence-electron chi connectivity index (χ3n) is 3.29. The van der Waals surface area contributed by atoms with Crippen molar-refractivity contribution in [3.05, 3.63) is 84.1 Å². The summed E-state index contributed by atoms with van der Waals surface area (Å²) in [4.78, 5) is 0. The van der Waals surface area contributed by atoms with Gasteiger partial charge in [0.1, 0.15) is 13.2 Å². The summed E-state index contributed by atoms with van der Waals surface area (Å²) >= 11 is 0. The number of benzene rings is 2. The van der Waals surface area contributed by atoms with Crippen molar-refractivity contribution in [2.45, 2.75) is 26.1 Å². The second-order valence-electron chi connectivity index (χ2n) is 5.24. The van der Waals surface area contributed by atoms with Gasteiger partial charge in [-0.2, -0.15) is 0 Å². The quantitative estimate of drug-likeness (QED) is 0.752. The zero-order chi connectivity index (χ0) is 16.9. The van der Waals surface area contributed by atoms with Crippen molar-refractivity contribution in [2.75, 3.05) is 6.54 Å². The molecule has 0 bridgehead atoms. The molecule has 0 aliphatic carbocycles. The van der Waals surface area contributed by atoms with Gasteiger partial charge in [0.05, 0.1) is 0 Å². The summed E-state index contributed by atoms with van der Waals surface area (Å²) in [7, 11) is -2.08. The SMILES string of the molecule is C1=CNCCC1.O=[P+](OCc1ccccc1)OCc1ccccc1. The lowest BCUT2D eigenvalue weighted by Gasteiger charge is -2.02. The zero-order valence-electron chi connectivity index (χ0n) is 13.6. The van der Waals surface area contributed by atoms with Crippen LogP contribution in [0.1, 0.15) is 24.0 Å². The molecule has 0 aromatic heterocycles. The van der Waals surface area contributed by atoms with Gasteiger partial charge in [-0.3, -0.25) is 0 Å². The molecule has 0 atom stereocenters. The predicted octanol–water partition coefficient (Wildman–Crippen LogP) is 4.96. The van der Waals surface area contributed by atoms with E-state index < -0.39 is 8.25 Å². The Kier molecular flexibility index (Phi) is 8.81. The molecule has 4 nitrogen and oxygen atoms in total. The molecule has 0 fully saturated rings. The van der Waals surface area contributed by atoms with Gasteiger partial charge < -0.3 is 5.32 Å². The molecule has 0 saturated carbocycles. The molecule has 0 saturated heterocycles. The normalized spacial score (nSPS) is 12.7. The van der Waals surface area contributed by atoms with Gasteiger partial charge in [0.15, 0.2) is 0 Å².